The quantitative estimate of drug-likeness (QED) is 0.206. The number of nitro groups is 2. The van der Waals surface area contributed by atoms with E-state index in [1.807, 2.05) is 13.8 Å². The number of amides is 2. The van der Waals surface area contributed by atoms with Crippen LogP contribution >= 0.6 is 11.8 Å². The number of hydrogen-bond donors (Lipinski definition) is 3. The monoisotopic (exact) mass is 513 g/mol. The number of carbonyl (C=O) groups is 2. The number of non-ortho nitro benzene ring substituents is 2. The minimum absolute atomic E-state index is 0.0498. The third-order valence-electron chi connectivity index (χ3n) is 5.09. The van der Waals surface area contributed by atoms with Crippen molar-refractivity contribution in [2.24, 2.45) is 5.92 Å². The van der Waals surface area contributed by atoms with Crippen LogP contribution in [0.2, 0.25) is 0 Å². The van der Waals surface area contributed by atoms with Crippen LogP contribution in [0.3, 0.4) is 0 Å². The van der Waals surface area contributed by atoms with Gasteiger partial charge < -0.3 is 10.6 Å². The van der Waals surface area contributed by atoms with E-state index in [9.17, 15) is 29.8 Å². The molecule has 0 aliphatic rings. The average molecular weight is 514 g/mol. The van der Waals surface area contributed by atoms with Crippen molar-refractivity contribution in [3.8, 4) is 0 Å². The van der Waals surface area contributed by atoms with E-state index < -0.39 is 27.7 Å². The Kier molecular flexibility index (Phi) is 8.32. The lowest BCUT2D eigenvalue weighted by molar-refractivity contribution is -0.385. The van der Waals surface area contributed by atoms with E-state index in [1.165, 1.54) is 36.4 Å². The number of rotatable bonds is 10. The number of aromatic nitrogens is 3. The summed E-state index contributed by atoms with van der Waals surface area (Å²) in [5, 5.41) is 34.5. The highest BCUT2D eigenvalue weighted by Gasteiger charge is 2.24. The second kappa shape index (κ2) is 11.4. The summed E-state index contributed by atoms with van der Waals surface area (Å²) in [6, 6.07) is 9.03. The molecule has 0 aliphatic carbocycles. The number of nitro benzene ring substituents is 2. The Morgan fingerprint density at radius 2 is 1.78 bits per heavy atom. The molecule has 0 unspecified atom stereocenters. The molecule has 2 amide bonds. The van der Waals surface area contributed by atoms with Gasteiger partial charge in [0.1, 0.15) is 5.82 Å². The normalized spacial score (nSPS) is 11.7. The summed E-state index contributed by atoms with van der Waals surface area (Å²) in [6.07, 6.45) is 0. The fourth-order valence-corrected chi connectivity index (χ4v) is 3.78. The van der Waals surface area contributed by atoms with Gasteiger partial charge in [0.25, 0.3) is 17.3 Å². The van der Waals surface area contributed by atoms with Crippen LogP contribution in [0.4, 0.5) is 17.1 Å². The van der Waals surface area contributed by atoms with Crippen LogP contribution in [-0.4, -0.2) is 42.6 Å². The molecule has 0 radical (unpaired) electrons. The number of thioether (sulfide) groups is 1. The molecule has 0 spiro atoms. The molecular weight excluding hydrogens is 490 g/mol. The van der Waals surface area contributed by atoms with E-state index in [4.69, 9.17) is 0 Å². The smallest absolute Gasteiger partial charge is 0.271 e. The Morgan fingerprint density at radius 1 is 1.08 bits per heavy atom. The molecule has 0 aliphatic heterocycles. The predicted molar refractivity (Wildman–Crippen MR) is 132 cm³/mol. The largest absolute Gasteiger partial charge is 0.342 e. The van der Waals surface area contributed by atoms with Crippen molar-refractivity contribution < 1.29 is 19.4 Å². The van der Waals surface area contributed by atoms with Gasteiger partial charge in [-0.2, -0.15) is 0 Å². The standard InChI is InChI=1S/C22H23N7O6S/c1-12(2)19(24-21(31)14-5-4-6-15(9-14)28(32)33)20-25-22(27-26-20)36-11-18(30)23-17-10-16(29(34)35)8-7-13(17)3/h4-10,12,19H,11H2,1-3H3,(H,23,30)(H,24,31)(H,25,26,27)/t19-/m0/s1. The van der Waals surface area contributed by atoms with Crippen molar-refractivity contribution in [1.29, 1.82) is 0 Å². The molecule has 2 aromatic carbocycles. The Bertz CT molecular complexity index is 1310. The third kappa shape index (κ3) is 6.63. The van der Waals surface area contributed by atoms with E-state index in [2.05, 4.69) is 25.8 Å². The maximum atomic E-state index is 12.7. The first-order valence-corrected chi connectivity index (χ1v) is 11.7. The van der Waals surface area contributed by atoms with Crippen LogP contribution in [-0.2, 0) is 4.79 Å². The molecule has 0 bridgehead atoms. The summed E-state index contributed by atoms with van der Waals surface area (Å²) < 4.78 is 0. The van der Waals surface area contributed by atoms with Gasteiger partial charge in [-0.1, -0.05) is 37.7 Å². The Hall–Kier alpha value is -4.33. The highest BCUT2D eigenvalue weighted by molar-refractivity contribution is 7.99. The summed E-state index contributed by atoms with van der Waals surface area (Å²) in [4.78, 5) is 50.3. The zero-order valence-electron chi connectivity index (χ0n) is 19.5. The molecule has 0 saturated heterocycles. The van der Waals surface area contributed by atoms with Gasteiger partial charge in [-0.05, 0) is 24.5 Å². The first-order valence-electron chi connectivity index (χ1n) is 10.7. The van der Waals surface area contributed by atoms with Gasteiger partial charge in [0.15, 0.2) is 0 Å². The molecule has 3 aromatic rings. The summed E-state index contributed by atoms with van der Waals surface area (Å²) in [5.41, 5.74) is 0.833. The van der Waals surface area contributed by atoms with Crippen molar-refractivity contribution >= 4 is 40.6 Å². The number of hydrogen-bond acceptors (Lipinski definition) is 9. The lowest BCUT2D eigenvalue weighted by atomic mass is 10.0. The molecule has 36 heavy (non-hydrogen) atoms. The van der Waals surface area contributed by atoms with Gasteiger partial charge in [0, 0.05) is 29.8 Å². The summed E-state index contributed by atoms with van der Waals surface area (Å²) in [5.74, 6) is -0.685. The maximum absolute atomic E-state index is 12.7. The first kappa shape index (κ1) is 26.3. The van der Waals surface area contributed by atoms with Crippen molar-refractivity contribution in [2.75, 3.05) is 11.1 Å². The van der Waals surface area contributed by atoms with Crippen LogP contribution in [0.15, 0.2) is 47.6 Å². The fraction of sp³-hybridized carbons (Fsp3) is 0.273. The number of nitrogens with one attached hydrogen (secondary N) is 3. The van der Waals surface area contributed by atoms with Gasteiger partial charge >= 0.3 is 0 Å². The number of aromatic amines is 1. The zero-order valence-corrected chi connectivity index (χ0v) is 20.4. The van der Waals surface area contributed by atoms with Crippen LogP contribution < -0.4 is 10.6 Å². The van der Waals surface area contributed by atoms with Crippen LogP contribution in [0.25, 0.3) is 0 Å². The maximum Gasteiger partial charge on any atom is 0.271 e. The first-order chi connectivity index (χ1) is 17.0. The molecule has 14 heteroatoms. The van der Waals surface area contributed by atoms with Crippen LogP contribution in [0.1, 0.15) is 41.6 Å². The Balaban J connectivity index is 1.64. The van der Waals surface area contributed by atoms with Crippen LogP contribution in [0, 0.1) is 33.1 Å². The summed E-state index contributed by atoms with van der Waals surface area (Å²) >= 11 is 1.05. The van der Waals surface area contributed by atoms with Gasteiger partial charge in [-0.15, -0.1) is 5.10 Å². The van der Waals surface area contributed by atoms with E-state index >= 15 is 0 Å². The minimum Gasteiger partial charge on any atom is -0.342 e. The molecular formula is C22H23N7O6S. The van der Waals surface area contributed by atoms with Gasteiger partial charge in [0.2, 0.25) is 11.1 Å². The highest BCUT2D eigenvalue weighted by Crippen LogP contribution is 2.24. The molecule has 188 valence electrons. The Labute approximate surface area is 209 Å². The molecule has 3 rings (SSSR count). The molecule has 1 aromatic heterocycles. The molecule has 1 atom stereocenters. The van der Waals surface area contributed by atoms with Crippen molar-refractivity contribution in [3.63, 3.8) is 0 Å². The van der Waals surface area contributed by atoms with Gasteiger partial charge in [-0.3, -0.25) is 34.9 Å². The van der Waals surface area contributed by atoms with Crippen LogP contribution in [0.5, 0.6) is 0 Å². The Morgan fingerprint density at radius 3 is 2.44 bits per heavy atom. The highest BCUT2D eigenvalue weighted by atomic mass is 32.2. The second-order valence-corrected chi connectivity index (χ2v) is 9.04. The average Bonchev–Trinajstić information content (AvgIpc) is 3.30. The third-order valence-corrected chi connectivity index (χ3v) is 5.93. The summed E-state index contributed by atoms with van der Waals surface area (Å²) in [6.45, 7) is 5.45. The molecule has 13 nitrogen and oxygen atoms in total. The lowest BCUT2D eigenvalue weighted by Gasteiger charge is -2.19. The number of anilines is 1. The lowest BCUT2D eigenvalue weighted by Crippen LogP contribution is -2.32. The number of benzene rings is 2. The molecule has 3 N–H and O–H groups in total. The SMILES string of the molecule is Cc1ccc([N+](=O)[O-])cc1NC(=O)CSc1n[nH]c([C@@H](NC(=O)c2cccc([N+](=O)[O-])c2)C(C)C)n1. The second-order valence-electron chi connectivity index (χ2n) is 8.10. The van der Waals surface area contributed by atoms with E-state index in [1.54, 1.807) is 13.0 Å². The van der Waals surface area contributed by atoms with Crippen molar-refractivity contribution in [2.45, 2.75) is 32.0 Å². The molecule has 0 fully saturated rings. The number of carbonyl (C=O) groups excluding carboxylic acids is 2. The fourth-order valence-electron chi connectivity index (χ4n) is 3.17. The van der Waals surface area contributed by atoms with Gasteiger partial charge in [0.05, 0.1) is 27.3 Å². The minimum atomic E-state index is -0.576. The van der Waals surface area contributed by atoms with E-state index in [0.717, 1.165) is 11.8 Å². The predicted octanol–water partition coefficient (Wildman–Crippen LogP) is 3.79. The molecule has 1 heterocycles. The summed E-state index contributed by atoms with van der Waals surface area (Å²) in [7, 11) is 0. The number of H-pyrrole nitrogens is 1. The number of nitrogens with zero attached hydrogens (tertiary/aromatic N) is 4. The zero-order chi connectivity index (χ0) is 26.4. The van der Waals surface area contributed by atoms with E-state index in [-0.39, 0.29) is 33.8 Å². The molecule has 0 saturated carbocycles. The van der Waals surface area contributed by atoms with Crippen molar-refractivity contribution in [1.82, 2.24) is 20.5 Å². The van der Waals surface area contributed by atoms with E-state index in [0.29, 0.717) is 17.1 Å². The van der Waals surface area contributed by atoms with Gasteiger partial charge in [-0.25, -0.2) is 4.98 Å². The number of aryl methyl sites for hydroxylation is 1. The van der Waals surface area contributed by atoms with Crippen molar-refractivity contribution in [3.05, 3.63) is 79.6 Å². The topological polar surface area (TPSA) is 186 Å².